The number of nitrogens with one attached hydrogen (secondary N) is 2. The Balaban J connectivity index is 1.45. The molecule has 2 aromatic carbocycles. The van der Waals surface area contributed by atoms with Crippen molar-refractivity contribution in [3.63, 3.8) is 0 Å². The first-order valence-electron chi connectivity index (χ1n) is 9.66. The fourth-order valence-electron chi connectivity index (χ4n) is 3.16. The number of amides is 2. The summed E-state index contributed by atoms with van der Waals surface area (Å²) in [5.41, 5.74) is 1.80. The summed E-state index contributed by atoms with van der Waals surface area (Å²) in [7, 11) is -3.45. The standard InChI is InChI=1S/C21H25N3O4S/c25-20(22-13-12-17-6-2-1-3-7-17)21(26)23-16-18-8-10-19(11-9-18)29(27,28)24-14-4-5-15-24/h1-3,6-11H,4-5,12-16H2,(H,22,25)(H,23,26). The van der Waals surface area contributed by atoms with Gasteiger partial charge in [0.2, 0.25) is 10.0 Å². The van der Waals surface area contributed by atoms with Crippen LogP contribution in [0.1, 0.15) is 24.0 Å². The van der Waals surface area contributed by atoms with E-state index in [4.69, 9.17) is 0 Å². The molecule has 3 rings (SSSR count). The molecule has 29 heavy (non-hydrogen) atoms. The second kappa shape index (κ2) is 9.67. The summed E-state index contributed by atoms with van der Waals surface area (Å²) in [6.45, 7) is 1.63. The minimum atomic E-state index is -3.45. The second-order valence-corrected chi connectivity index (χ2v) is 8.87. The topological polar surface area (TPSA) is 95.6 Å². The largest absolute Gasteiger partial charge is 0.348 e. The molecule has 1 aliphatic rings. The summed E-state index contributed by atoms with van der Waals surface area (Å²) in [5.74, 6) is -1.40. The van der Waals surface area contributed by atoms with Crippen LogP contribution in [-0.4, -0.2) is 44.2 Å². The van der Waals surface area contributed by atoms with Gasteiger partial charge in [0.25, 0.3) is 0 Å². The Morgan fingerprint density at radius 1 is 0.828 bits per heavy atom. The van der Waals surface area contributed by atoms with E-state index in [1.807, 2.05) is 30.3 Å². The number of nitrogens with zero attached hydrogens (tertiary/aromatic N) is 1. The van der Waals surface area contributed by atoms with Crippen LogP contribution in [0.5, 0.6) is 0 Å². The summed E-state index contributed by atoms with van der Waals surface area (Å²) < 4.78 is 26.5. The molecule has 0 aromatic heterocycles. The highest BCUT2D eigenvalue weighted by Crippen LogP contribution is 2.21. The zero-order valence-corrected chi connectivity index (χ0v) is 17.0. The van der Waals surface area contributed by atoms with Crippen LogP contribution in [0.3, 0.4) is 0 Å². The molecule has 0 radical (unpaired) electrons. The van der Waals surface area contributed by atoms with Gasteiger partial charge in [-0.05, 0) is 42.5 Å². The maximum absolute atomic E-state index is 12.5. The monoisotopic (exact) mass is 415 g/mol. The Hall–Kier alpha value is -2.71. The Morgan fingerprint density at radius 2 is 1.45 bits per heavy atom. The Labute approximate surface area is 171 Å². The van der Waals surface area contributed by atoms with Crippen LogP contribution >= 0.6 is 0 Å². The van der Waals surface area contributed by atoms with Crippen molar-refractivity contribution in [2.75, 3.05) is 19.6 Å². The Kier molecular flexibility index (Phi) is 7.00. The first-order valence-corrected chi connectivity index (χ1v) is 11.1. The van der Waals surface area contributed by atoms with Gasteiger partial charge in [0.15, 0.2) is 0 Å². The fourth-order valence-corrected chi connectivity index (χ4v) is 4.68. The van der Waals surface area contributed by atoms with Gasteiger partial charge in [-0.3, -0.25) is 9.59 Å². The number of benzene rings is 2. The van der Waals surface area contributed by atoms with E-state index < -0.39 is 21.8 Å². The highest BCUT2D eigenvalue weighted by atomic mass is 32.2. The molecule has 0 spiro atoms. The molecule has 2 N–H and O–H groups in total. The van der Waals surface area contributed by atoms with E-state index in [0.29, 0.717) is 26.1 Å². The maximum Gasteiger partial charge on any atom is 0.309 e. The quantitative estimate of drug-likeness (QED) is 0.669. The molecule has 1 saturated heterocycles. The molecule has 0 unspecified atom stereocenters. The zero-order chi connectivity index (χ0) is 20.7. The SMILES string of the molecule is O=C(NCCc1ccccc1)C(=O)NCc1ccc(S(=O)(=O)N2CCCC2)cc1. The summed E-state index contributed by atoms with van der Waals surface area (Å²) >= 11 is 0. The average Bonchev–Trinajstić information content (AvgIpc) is 3.29. The summed E-state index contributed by atoms with van der Waals surface area (Å²) in [4.78, 5) is 24.1. The lowest BCUT2D eigenvalue weighted by atomic mass is 10.1. The lowest BCUT2D eigenvalue weighted by Crippen LogP contribution is -2.40. The van der Waals surface area contributed by atoms with Gasteiger partial charge in [0.05, 0.1) is 4.90 Å². The van der Waals surface area contributed by atoms with Crippen molar-refractivity contribution in [1.29, 1.82) is 0 Å². The van der Waals surface area contributed by atoms with E-state index in [1.165, 1.54) is 16.4 Å². The van der Waals surface area contributed by atoms with Gasteiger partial charge in [0, 0.05) is 26.2 Å². The summed E-state index contributed by atoms with van der Waals surface area (Å²) in [6, 6.07) is 16.1. The van der Waals surface area contributed by atoms with Crippen molar-refractivity contribution >= 4 is 21.8 Å². The molecule has 0 saturated carbocycles. The van der Waals surface area contributed by atoms with Crippen molar-refractivity contribution in [2.45, 2.75) is 30.7 Å². The third-order valence-electron chi connectivity index (χ3n) is 4.83. The van der Waals surface area contributed by atoms with E-state index in [2.05, 4.69) is 10.6 Å². The highest BCUT2D eigenvalue weighted by molar-refractivity contribution is 7.89. The molecule has 7 nitrogen and oxygen atoms in total. The number of hydrogen-bond acceptors (Lipinski definition) is 4. The van der Waals surface area contributed by atoms with Crippen LogP contribution < -0.4 is 10.6 Å². The Bertz CT molecular complexity index is 938. The molecule has 1 fully saturated rings. The van der Waals surface area contributed by atoms with Crippen LogP contribution in [0.2, 0.25) is 0 Å². The Morgan fingerprint density at radius 3 is 2.10 bits per heavy atom. The van der Waals surface area contributed by atoms with Crippen LogP contribution in [-0.2, 0) is 32.6 Å². The number of carbonyl (C=O) groups is 2. The number of sulfonamides is 1. The third kappa shape index (κ3) is 5.65. The van der Waals surface area contributed by atoms with E-state index in [1.54, 1.807) is 12.1 Å². The molecule has 2 aromatic rings. The first-order chi connectivity index (χ1) is 14.0. The average molecular weight is 416 g/mol. The number of hydrogen-bond donors (Lipinski definition) is 2. The summed E-state index contributed by atoms with van der Waals surface area (Å²) in [6.07, 6.45) is 2.42. The van der Waals surface area contributed by atoms with Crippen molar-refractivity contribution in [3.8, 4) is 0 Å². The van der Waals surface area contributed by atoms with E-state index >= 15 is 0 Å². The van der Waals surface area contributed by atoms with E-state index in [9.17, 15) is 18.0 Å². The molecular formula is C21H25N3O4S. The lowest BCUT2D eigenvalue weighted by Gasteiger charge is -2.15. The summed E-state index contributed by atoms with van der Waals surface area (Å²) in [5, 5.41) is 5.14. The van der Waals surface area contributed by atoms with Gasteiger partial charge in [-0.1, -0.05) is 42.5 Å². The van der Waals surface area contributed by atoms with Gasteiger partial charge in [-0.2, -0.15) is 4.31 Å². The smallest absolute Gasteiger partial charge is 0.309 e. The molecular weight excluding hydrogens is 390 g/mol. The van der Waals surface area contributed by atoms with Gasteiger partial charge in [-0.15, -0.1) is 0 Å². The predicted octanol–water partition coefficient (Wildman–Crippen LogP) is 1.45. The molecule has 2 amide bonds. The third-order valence-corrected chi connectivity index (χ3v) is 6.74. The first kappa shape index (κ1) is 21.0. The molecule has 8 heteroatoms. The van der Waals surface area contributed by atoms with E-state index in [0.717, 1.165) is 24.0 Å². The molecule has 1 heterocycles. The van der Waals surface area contributed by atoms with Gasteiger partial charge >= 0.3 is 11.8 Å². The number of rotatable bonds is 7. The molecule has 0 aliphatic carbocycles. The minimum absolute atomic E-state index is 0.148. The van der Waals surface area contributed by atoms with Gasteiger partial charge < -0.3 is 10.6 Å². The lowest BCUT2D eigenvalue weighted by molar-refractivity contribution is -0.139. The fraction of sp³-hybridized carbons (Fsp3) is 0.333. The molecule has 0 atom stereocenters. The molecule has 1 aliphatic heterocycles. The van der Waals surface area contributed by atoms with Crippen molar-refractivity contribution in [3.05, 3.63) is 65.7 Å². The van der Waals surface area contributed by atoms with Crippen LogP contribution in [0, 0.1) is 0 Å². The maximum atomic E-state index is 12.5. The van der Waals surface area contributed by atoms with E-state index in [-0.39, 0.29) is 11.4 Å². The normalized spacial score (nSPS) is 14.5. The number of carbonyl (C=O) groups excluding carboxylic acids is 2. The molecule has 0 bridgehead atoms. The van der Waals surface area contributed by atoms with Crippen molar-refractivity contribution < 1.29 is 18.0 Å². The predicted molar refractivity (Wildman–Crippen MR) is 109 cm³/mol. The van der Waals surface area contributed by atoms with Crippen molar-refractivity contribution in [1.82, 2.24) is 14.9 Å². The van der Waals surface area contributed by atoms with Crippen LogP contribution in [0.4, 0.5) is 0 Å². The molecule has 154 valence electrons. The van der Waals surface area contributed by atoms with Crippen LogP contribution in [0.15, 0.2) is 59.5 Å². The van der Waals surface area contributed by atoms with Crippen molar-refractivity contribution in [2.24, 2.45) is 0 Å². The minimum Gasteiger partial charge on any atom is -0.348 e. The second-order valence-electron chi connectivity index (χ2n) is 6.93. The highest BCUT2D eigenvalue weighted by Gasteiger charge is 2.26. The zero-order valence-electron chi connectivity index (χ0n) is 16.1. The van der Waals surface area contributed by atoms with Gasteiger partial charge in [0.1, 0.15) is 0 Å². The van der Waals surface area contributed by atoms with Gasteiger partial charge in [-0.25, -0.2) is 8.42 Å². The van der Waals surface area contributed by atoms with Crippen LogP contribution in [0.25, 0.3) is 0 Å².